The molecule has 0 aliphatic carbocycles. The SMILES string of the molecule is CCC(COC)Nc1nc(C)cc(C#N)n1. The third-order valence-corrected chi connectivity index (χ3v) is 2.16. The number of hydrogen-bond acceptors (Lipinski definition) is 5. The number of nitrogens with zero attached hydrogens (tertiary/aromatic N) is 3. The molecule has 0 spiro atoms. The molecule has 1 rings (SSSR count). The Bertz CT molecular complexity index is 386. The van der Waals surface area contributed by atoms with E-state index in [1.807, 2.05) is 13.0 Å². The molecule has 0 saturated heterocycles. The first-order valence-corrected chi connectivity index (χ1v) is 5.20. The van der Waals surface area contributed by atoms with Crippen LogP contribution in [0, 0.1) is 18.3 Å². The van der Waals surface area contributed by atoms with Crippen LogP contribution in [0.5, 0.6) is 0 Å². The molecule has 0 amide bonds. The highest BCUT2D eigenvalue weighted by Gasteiger charge is 2.08. The van der Waals surface area contributed by atoms with Gasteiger partial charge in [-0.05, 0) is 19.4 Å². The number of methoxy groups -OCH3 is 1. The molecule has 1 heterocycles. The van der Waals surface area contributed by atoms with Crippen molar-refractivity contribution in [1.82, 2.24) is 9.97 Å². The lowest BCUT2D eigenvalue weighted by Crippen LogP contribution is -2.25. The van der Waals surface area contributed by atoms with E-state index in [2.05, 4.69) is 22.2 Å². The van der Waals surface area contributed by atoms with Gasteiger partial charge in [-0.15, -0.1) is 0 Å². The monoisotopic (exact) mass is 220 g/mol. The van der Waals surface area contributed by atoms with Gasteiger partial charge in [-0.3, -0.25) is 0 Å². The molecule has 1 N–H and O–H groups in total. The van der Waals surface area contributed by atoms with Crippen LogP contribution >= 0.6 is 0 Å². The van der Waals surface area contributed by atoms with Gasteiger partial charge in [-0.1, -0.05) is 6.92 Å². The summed E-state index contributed by atoms with van der Waals surface area (Å²) in [6.45, 7) is 4.48. The van der Waals surface area contributed by atoms with Crippen LogP contribution in [0.25, 0.3) is 0 Å². The lowest BCUT2D eigenvalue weighted by Gasteiger charge is -2.15. The molecule has 0 aromatic carbocycles. The summed E-state index contributed by atoms with van der Waals surface area (Å²) in [4.78, 5) is 8.31. The van der Waals surface area contributed by atoms with Crippen molar-refractivity contribution in [2.75, 3.05) is 19.0 Å². The Morgan fingerprint density at radius 1 is 1.56 bits per heavy atom. The van der Waals surface area contributed by atoms with E-state index in [-0.39, 0.29) is 6.04 Å². The molecule has 0 radical (unpaired) electrons. The number of aryl methyl sites for hydroxylation is 1. The topological polar surface area (TPSA) is 70.8 Å². The zero-order valence-corrected chi connectivity index (χ0v) is 9.82. The van der Waals surface area contributed by atoms with Crippen molar-refractivity contribution < 1.29 is 4.74 Å². The van der Waals surface area contributed by atoms with E-state index >= 15 is 0 Å². The van der Waals surface area contributed by atoms with Gasteiger partial charge in [0.15, 0.2) is 0 Å². The van der Waals surface area contributed by atoms with Crippen LogP contribution < -0.4 is 5.32 Å². The number of ether oxygens (including phenoxy) is 1. The summed E-state index contributed by atoms with van der Waals surface area (Å²) >= 11 is 0. The summed E-state index contributed by atoms with van der Waals surface area (Å²) in [6.07, 6.45) is 0.910. The Labute approximate surface area is 95.5 Å². The van der Waals surface area contributed by atoms with Crippen LogP contribution in [-0.2, 0) is 4.74 Å². The zero-order chi connectivity index (χ0) is 12.0. The quantitative estimate of drug-likeness (QED) is 0.814. The van der Waals surface area contributed by atoms with Gasteiger partial charge >= 0.3 is 0 Å². The highest BCUT2D eigenvalue weighted by Crippen LogP contribution is 2.07. The van der Waals surface area contributed by atoms with Crippen molar-refractivity contribution in [2.24, 2.45) is 0 Å². The number of nitriles is 1. The molecule has 0 aliphatic heterocycles. The molecule has 0 aliphatic rings. The molecule has 0 fully saturated rings. The fourth-order valence-corrected chi connectivity index (χ4v) is 1.34. The molecular formula is C11H16N4O. The Morgan fingerprint density at radius 2 is 2.31 bits per heavy atom. The fourth-order valence-electron chi connectivity index (χ4n) is 1.34. The molecular weight excluding hydrogens is 204 g/mol. The first-order valence-electron chi connectivity index (χ1n) is 5.20. The van der Waals surface area contributed by atoms with Gasteiger partial charge in [-0.2, -0.15) is 5.26 Å². The van der Waals surface area contributed by atoms with E-state index in [1.165, 1.54) is 0 Å². The minimum Gasteiger partial charge on any atom is -0.383 e. The Hall–Kier alpha value is -1.67. The van der Waals surface area contributed by atoms with E-state index in [0.717, 1.165) is 12.1 Å². The molecule has 1 aromatic rings. The minimum atomic E-state index is 0.165. The van der Waals surface area contributed by atoms with Crippen LogP contribution in [0.4, 0.5) is 5.95 Å². The molecule has 1 unspecified atom stereocenters. The molecule has 0 saturated carbocycles. The smallest absolute Gasteiger partial charge is 0.224 e. The van der Waals surface area contributed by atoms with E-state index in [1.54, 1.807) is 13.2 Å². The maximum atomic E-state index is 8.79. The second-order valence-corrected chi connectivity index (χ2v) is 3.53. The predicted molar refractivity (Wildman–Crippen MR) is 61.1 cm³/mol. The summed E-state index contributed by atoms with van der Waals surface area (Å²) in [5.74, 6) is 0.487. The number of rotatable bonds is 5. The summed E-state index contributed by atoms with van der Waals surface area (Å²) in [5, 5.41) is 11.9. The fraction of sp³-hybridized carbons (Fsp3) is 0.545. The number of nitrogens with one attached hydrogen (secondary N) is 1. The highest BCUT2D eigenvalue weighted by molar-refractivity contribution is 5.33. The summed E-state index contributed by atoms with van der Waals surface area (Å²) < 4.78 is 5.07. The second-order valence-electron chi connectivity index (χ2n) is 3.53. The van der Waals surface area contributed by atoms with E-state index in [4.69, 9.17) is 10.00 Å². The van der Waals surface area contributed by atoms with Crippen molar-refractivity contribution in [2.45, 2.75) is 26.3 Å². The van der Waals surface area contributed by atoms with Crippen molar-refractivity contribution in [1.29, 1.82) is 5.26 Å². The maximum absolute atomic E-state index is 8.79. The van der Waals surface area contributed by atoms with Gasteiger partial charge in [0, 0.05) is 12.8 Å². The van der Waals surface area contributed by atoms with Gasteiger partial charge in [0.1, 0.15) is 11.8 Å². The molecule has 5 nitrogen and oxygen atoms in total. The van der Waals surface area contributed by atoms with E-state index in [0.29, 0.717) is 18.2 Å². The number of anilines is 1. The number of aromatic nitrogens is 2. The van der Waals surface area contributed by atoms with Gasteiger partial charge in [0.05, 0.1) is 12.6 Å². The lowest BCUT2D eigenvalue weighted by atomic mass is 10.2. The predicted octanol–water partition coefficient (Wildman–Crippen LogP) is 1.49. The standard InChI is InChI=1S/C11H16N4O/c1-4-9(7-16-3)14-11-13-8(2)5-10(6-12)15-11/h5,9H,4,7H2,1-3H3,(H,13,14,15). The Morgan fingerprint density at radius 3 is 2.88 bits per heavy atom. The van der Waals surface area contributed by atoms with Crippen LogP contribution in [0.2, 0.25) is 0 Å². The van der Waals surface area contributed by atoms with Gasteiger partial charge in [0.25, 0.3) is 0 Å². The molecule has 5 heteroatoms. The van der Waals surface area contributed by atoms with Crippen molar-refractivity contribution in [3.63, 3.8) is 0 Å². The van der Waals surface area contributed by atoms with Crippen LogP contribution in [0.3, 0.4) is 0 Å². The Balaban J connectivity index is 2.80. The maximum Gasteiger partial charge on any atom is 0.224 e. The third kappa shape index (κ3) is 3.48. The minimum absolute atomic E-state index is 0.165. The number of hydrogen-bond donors (Lipinski definition) is 1. The highest BCUT2D eigenvalue weighted by atomic mass is 16.5. The summed E-state index contributed by atoms with van der Waals surface area (Å²) in [7, 11) is 1.65. The van der Waals surface area contributed by atoms with Crippen LogP contribution in [-0.4, -0.2) is 29.7 Å². The van der Waals surface area contributed by atoms with Gasteiger partial charge in [-0.25, -0.2) is 9.97 Å². The van der Waals surface area contributed by atoms with Gasteiger partial charge < -0.3 is 10.1 Å². The molecule has 0 bridgehead atoms. The average Bonchev–Trinajstić information content (AvgIpc) is 2.27. The van der Waals surface area contributed by atoms with Crippen LogP contribution in [0.1, 0.15) is 24.7 Å². The first-order chi connectivity index (χ1) is 7.69. The third-order valence-electron chi connectivity index (χ3n) is 2.16. The summed E-state index contributed by atoms with van der Waals surface area (Å²) in [6, 6.07) is 3.83. The lowest BCUT2D eigenvalue weighted by molar-refractivity contribution is 0.184. The normalized spacial score (nSPS) is 11.9. The van der Waals surface area contributed by atoms with Crippen molar-refractivity contribution in [3.8, 4) is 6.07 Å². The zero-order valence-electron chi connectivity index (χ0n) is 9.82. The van der Waals surface area contributed by atoms with Crippen LogP contribution in [0.15, 0.2) is 6.07 Å². The largest absolute Gasteiger partial charge is 0.383 e. The molecule has 1 atom stereocenters. The summed E-state index contributed by atoms with van der Waals surface area (Å²) in [5.41, 5.74) is 1.16. The molecule has 86 valence electrons. The first kappa shape index (κ1) is 12.4. The Kier molecular flexibility index (Phi) is 4.67. The molecule has 16 heavy (non-hydrogen) atoms. The molecule has 1 aromatic heterocycles. The van der Waals surface area contributed by atoms with Gasteiger partial charge in [0.2, 0.25) is 5.95 Å². The van der Waals surface area contributed by atoms with Crippen molar-refractivity contribution in [3.05, 3.63) is 17.5 Å². The van der Waals surface area contributed by atoms with E-state index < -0.39 is 0 Å². The van der Waals surface area contributed by atoms with E-state index in [9.17, 15) is 0 Å². The average molecular weight is 220 g/mol. The van der Waals surface area contributed by atoms with Crippen molar-refractivity contribution >= 4 is 5.95 Å². The second kappa shape index (κ2) is 6.03.